The van der Waals surface area contributed by atoms with Crippen molar-refractivity contribution in [1.29, 1.82) is 0 Å². The lowest BCUT2D eigenvalue weighted by Crippen LogP contribution is -2.32. The number of hydrogen-bond acceptors (Lipinski definition) is 6. The van der Waals surface area contributed by atoms with Crippen molar-refractivity contribution in [3.8, 4) is 17.2 Å². The van der Waals surface area contributed by atoms with Crippen LogP contribution in [0.25, 0.3) is 0 Å². The summed E-state index contributed by atoms with van der Waals surface area (Å²) in [5.74, 6) is 1.81. The number of nitrogens with one attached hydrogen (secondary N) is 1. The Kier molecular flexibility index (Phi) is 9.19. The molecule has 2 aromatic carbocycles. The van der Waals surface area contributed by atoms with E-state index in [4.69, 9.17) is 14.2 Å². The maximum atomic E-state index is 12.5. The molecular weight excluding hydrogens is 432 g/mol. The molecule has 0 bridgehead atoms. The van der Waals surface area contributed by atoms with E-state index >= 15 is 0 Å². The number of amides is 1. The Morgan fingerprint density at radius 2 is 1.72 bits per heavy atom. The first-order valence-electron chi connectivity index (χ1n) is 10.4. The Morgan fingerprint density at radius 3 is 2.28 bits per heavy atom. The molecule has 0 spiro atoms. The number of carbonyl (C=O) groups is 1. The van der Waals surface area contributed by atoms with E-state index in [1.54, 1.807) is 50.6 Å². The molecule has 0 aromatic heterocycles. The molecule has 2 aromatic rings. The van der Waals surface area contributed by atoms with Gasteiger partial charge in [-0.3, -0.25) is 9.10 Å². The van der Waals surface area contributed by atoms with Crippen LogP contribution in [-0.4, -0.2) is 48.0 Å². The molecule has 0 aliphatic heterocycles. The van der Waals surface area contributed by atoms with Crippen LogP contribution in [0, 0.1) is 0 Å². The molecule has 1 amide bonds. The highest BCUT2D eigenvalue weighted by Gasteiger charge is 2.19. The van der Waals surface area contributed by atoms with Crippen LogP contribution in [0.3, 0.4) is 0 Å². The summed E-state index contributed by atoms with van der Waals surface area (Å²) in [5, 5.41) is 2.94. The SMILES string of the molecule is CCOc1ccc(N(CCCC(=O)N[C@@H](C)c2cc(OC)ccc2OC)S(C)(=O)=O)cc1. The van der Waals surface area contributed by atoms with Crippen LogP contribution in [0.2, 0.25) is 0 Å². The van der Waals surface area contributed by atoms with Gasteiger partial charge in [0.2, 0.25) is 15.9 Å². The van der Waals surface area contributed by atoms with Crippen LogP contribution < -0.4 is 23.8 Å². The first-order valence-corrected chi connectivity index (χ1v) is 12.3. The van der Waals surface area contributed by atoms with Crippen LogP contribution in [0.4, 0.5) is 5.69 Å². The predicted molar refractivity (Wildman–Crippen MR) is 125 cm³/mol. The van der Waals surface area contributed by atoms with Gasteiger partial charge >= 0.3 is 0 Å². The summed E-state index contributed by atoms with van der Waals surface area (Å²) in [6.07, 6.45) is 1.70. The van der Waals surface area contributed by atoms with Crippen molar-refractivity contribution in [1.82, 2.24) is 5.32 Å². The van der Waals surface area contributed by atoms with Crippen LogP contribution in [0.15, 0.2) is 42.5 Å². The highest BCUT2D eigenvalue weighted by atomic mass is 32.2. The average molecular weight is 465 g/mol. The number of benzene rings is 2. The van der Waals surface area contributed by atoms with Gasteiger partial charge in [-0.15, -0.1) is 0 Å². The minimum atomic E-state index is -3.49. The molecule has 8 nitrogen and oxygen atoms in total. The van der Waals surface area contributed by atoms with E-state index in [-0.39, 0.29) is 24.9 Å². The number of nitrogens with zero attached hydrogens (tertiary/aromatic N) is 1. The summed E-state index contributed by atoms with van der Waals surface area (Å²) in [7, 11) is -0.347. The minimum Gasteiger partial charge on any atom is -0.497 e. The smallest absolute Gasteiger partial charge is 0.232 e. The fourth-order valence-electron chi connectivity index (χ4n) is 3.31. The molecule has 0 saturated heterocycles. The molecular formula is C23H32N2O6S. The van der Waals surface area contributed by atoms with Crippen molar-refractivity contribution in [2.45, 2.75) is 32.7 Å². The Bertz CT molecular complexity index is 992. The number of hydrogen-bond donors (Lipinski definition) is 1. The molecule has 0 unspecified atom stereocenters. The molecule has 0 aliphatic carbocycles. The lowest BCUT2D eigenvalue weighted by atomic mass is 10.1. The number of sulfonamides is 1. The summed E-state index contributed by atoms with van der Waals surface area (Å²) in [6.45, 7) is 4.46. The summed E-state index contributed by atoms with van der Waals surface area (Å²) < 4.78 is 41.9. The van der Waals surface area contributed by atoms with Crippen molar-refractivity contribution in [3.63, 3.8) is 0 Å². The lowest BCUT2D eigenvalue weighted by molar-refractivity contribution is -0.121. The highest BCUT2D eigenvalue weighted by molar-refractivity contribution is 7.92. The second-order valence-corrected chi connectivity index (χ2v) is 9.17. The van der Waals surface area contributed by atoms with Crippen molar-refractivity contribution in [2.24, 2.45) is 0 Å². The van der Waals surface area contributed by atoms with Crippen molar-refractivity contribution in [3.05, 3.63) is 48.0 Å². The van der Waals surface area contributed by atoms with Crippen molar-refractivity contribution in [2.75, 3.05) is 37.9 Å². The van der Waals surface area contributed by atoms with E-state index in [9.17, 15) is 13.2 Å². The Hall–Kier alpha value is -2.94. The van der Waals surface area contributed by atoms with E-state index < -0.39 is 10.0 Å². The molecule has 0 radical (unpaired) electrons. The fraction of sp³-hybridized carbons (Fsp3) is 0.435. The monoisotopic (exact) mass is 464 g/mol. The van der Waals surface area contributed by atoms with Gasteiger partial charge in [-0.1, -0.05) is 0 Å². The molecule has 0 saturated carbocycles. The van der Waals surface area contributed by atoms with E-state index in [0.29, 0.717) is 36.0 Å². The quantitative estimate of drug-likeness (QED) is 0.517. The van der Waals surface area contributed by atoms with E-state index in [0.717, 1.165) is 11.8 Å². The van der Waals surface area contributed by atoms with E-state index in [1.807, 2.05) is 19.9 Å². The topological polar surface area (TPSA) is 94.2 Å². The standard InChI is InChI=1S/C23H32N2O6S/c1-6-31-19-11-9-18(10-12-19)25(32(5,27)28)15-7-8-23(26)24-17(2)21-16-20(29-3)13-14-22(21)30-4/h9-14,16-17H,6-8,15H2,1-5H3,(H,24,26)/t17-/m0/s1. The van der Waals surface area contributed by atoms with Gasteiger partial charge in [0.05, 0.1) is 38.8 Å². The van der Waals surface area contributed by atoms with Crippen LogP contribution in [0.1, 0.15) is 38.3 Å². The Morgan fingerprint density at radius 1 is 1.06 bits per heavy atom. The molecule has 2 rings (SSSR count). The third-order valence-electron chi connectivity index (χ3n) is 4.88. The van der Waals surface area contributed by atoms with Crippen LogP contribution in [-0.2, 0) is 14.8 Å². The van der Waals surface area contributed by atoms with Gasteiger partial charge in [0, 0.05) is 18.5 Å². The molecule has 9 heteroatoms. The number of anilines is 1. The largest absolute Gasteiger partial charge is 0.497 e. The maximum absolute atomic E-state index is 12.5. The molecule has 0 aliphatic rings. The Balaban J connectivity index is 1.99. The van der Waals surface area contributed by atoms with Crippen molar-refractivity contribution >= 4 is 21.6 Å². The number of methoxy groups -OCH3 is 2. The van der Waals surface area contributed by atoms with Crippen LogP contribution in [0.5, 0.6) is 17.2 Å². The highest BCUT2D eigenvalue weighted by Crippen LogP contribution is 2.29. The van der Waals surface area contributed by atoms with Crippen LogP contribution >= 0.6 is 0 Å². The molecule has 1 atom stereocenters. The number of rotatable bonds is 12. The zero-order valence-electron chi connectivity index (χ0n) is 19.3. The second-order valence-electron chi connectivity index (χ2n) is 7.26. The minimum absolute atomic E-state index is 0.178. The first kappa shape index (κ1) is 25.3. The molecule has 0 fully saturated rings. The van der Waals surface area contributed by atoms with Gasteiger partial charge in [0.25, 0.3) is 0 Å². The van der Waals surface area contributed by atoms with Gasteiger partial charge in [0.1, 0.15) is 17.2 Å². The predicted octanol–water partition coefficient (Wildman–Crippen LogP) is 3.53. The lowest BCUT2D eigenvalue weighted by Gasteiger charge is -2.23. The summed E-state index contributed by atoms with van der Waals surface area (Å²) in [4.78, 5) is 12.5. The van der Waals surface area contributed by atoms with E-state index in [1.165, 1.54) is 4.31 Å². The first-order chi connectivity index (χ1) is 15.2. The zero-order valence-corrected chi connectivity index (χ0v) is 20.1. The Labute approximate surface area is 190 Å². The molecule has 176 valence electrons. The van der Waals surface area contributed by atoms with E-state index in [2.05, 4.69) is 5.32 Å². The van der Waals surface area contributed by atoms with Gasteiger partial charge in [-0.05, 0) is 62.7 Å². The normalized spacial score (nSPS) is 12.0. The van der Waals surface area contributed by atoms with Gasteiger partial charge in [0.15, 0.2) is 0 Å². The molecule has 0 heterocycles. The third-order valence-corrected chi connectivity index (χ3v) is 6.08. The second kappa shape index (κ2) is 11.6. The fourth-order valence-corrected chi connectivity index (χ4v) is 4.28. The zero-order chi connectivity index (χ0) is 23.7. The summed E-state index contributed by atoms with van der Waals surface area (Å²) >= 11 is 0. The third kappa shape index (κ3) is 7.05. The van der Waals surface area contributed by atoms with Gasteiger partial charge in [-0.25, -0.2) is 8.42 Å². The molecule has 32 heavy (non-hydrogen) atoms. The number of ether oxygens (including phenoxy) is 3. The van der Waals surface area contributed by atoms with Gasteiger partial charge < -0.3 is 19.5 Å². The molecule has 1 N–H and O–H groups in total. The maximum Gasteiger partial charge on any atom is 0.232 e. The van der Waals surface area contributed by atoms with Crippen molar-refractivity contribution < 1.29 is 27.4 Å². The summed E-state index contributed by atoms with van der Waals surface area (Å²) in [6, 6.07) is 12.0. The average Bonchev–Trinajstić information content (AvgIpc) is 2.76. The summed E-state index contributed by atoms with van der Waals surface area (Å²) in [5.41, 5.74) is 1.33. The number of carbonyl (C=O) groups excluding carboxylic acids is 1. The van der Waals surface area contributed by atoms with Gasteiger partial charge in [-0.2, -0.15) is 0 Å².